The second-order valence-corrected chi connectivity index (χ2v) is 3.60. The summed E-state index contributed by atoms with van der Waals surface area (Å²) in [6, 6.07) is 4.95. The molecule has 0 N–H and O–H groups in total. The van der Waals surface area contributed by atoms with Crippen LogP contribution in [0.4, 0.5) is 13.2 Å². The van der Waals surface area contributed by atoms with E-state index in [1.807, 2.05) is 0 Å². The van der Waals surface area contributed by atoms with Crippen molar-refractivity contribution in [2.75, 3.05) is 6.61 Å². The third kappa shape index (κ3) is 3.81. The SMILES string of the molecule is C=CCCCOc1ccc(C#N)cc1C(F)(F)F. The zero-order valence-electron chi connectivity index (χ0n) is 9.63. The van der Waals surface area contributed by atoms with Gasteiger partial charge in [0.05, 0.1) is 23.8 Å². The number of nitrogens with zero attached hydrogens (tertiary/aromatic N) is 1. The number of halogens is 3. The quantitative estimate of drug-likeness (QED) is 0.590. The highest BCUT2D eigenvalue weighted by Crippen LogP contribution is 2.36. The lowest BCUT2D eigenvalue weighted by molar-refractivity contribution is -0.139. The monoisotopic (exact) mass is 255 g/mol. The van der Waals surface area contributed by atoms with Gasteiger partial charge in [0.25, 0.3) is 0 Å². The molecule has 0 atom stereocenters. The van der Waals surface area contributed by atoms with Crippen molar-refractivity contribution in [3.63, 3.8) is 0 Å². The molecule has 0 amide bonds. The third-order valence-corrected chi connectivity index (χ3v) is 2.22. The number of hydrogen-bond donors (Lipinski definition) is 0. The topological polar surface area (TPSA) is 33.0 Å². The average Bonchev–Trinajstić information content (AvgIpc) is 2.33. The molecule has 0 spiro atoms. The maximum absolute atomic E-state index is 12.7. The summed E-state index contributed by atoms with van der Waals surface area (Å²) in [5.41, 5.74) is -0.957. The molecule has 0 bridgehead atoms. The fraction of sp³-hybridized carbons (Fsp3) is 0.308. The molecule has 0 saturated carbocycles. The lowest BCUT2D eigenvalue weighted by Gasteiger charge is -2.13. The Balaban J connectivity index is 2.90. The molecule has 1 rings (SSSR count). The van der Waals surface area contributed by atoms with E-state index in [-0.39, 0.29) is 17.9 Å². The molecule has 0 aromatic heterocycles. The van der Waals surface area contributed by atoms with Crippen LogP contribution in [0, 0.1) is 11.3 Å². The first-order chi connectivity index (χ1) is 8.49. The third-order valence-electron chi connectivity index (χ3n) is 2.22. The van der Waals surface area contributed by atoms with E-state index in [4.69, 9.17) is 10.00 Å². The van der Waals surface area contributed by atoms with Gasteiger partial charge in [0, 0.05) is 0 Å². The average molecular weight is 255 g/mol. The molecule has 0 aliphatic heterocycles. The molecule has 0 saturated heterocycles. The van der Waals surface area contributed by atoms with E-state index in [0.717, 1.165) is 6.07 Å². The summed E-state index contributed by atoms with van der Waals surface area (Å²) in [6.45, 7) is 3.69. The second kappa shape index (κ2) is 6.10. The van der Waals surface area contributed by atoms with E-state index in [9.17, 15) is 13.2 Å². The van der Waals surface area contributed by atoms with Gasteiger partial charge in [-0.15, -0.1) is 6.58 Å². The first-order valence-corrected chi connectivity index (χ1v) is 5.34. The molecule has 0 aliphatic carbocycles. The molecule has 0 fully saturated rings. The van der Waals surface area contributed by atoms with Crippen molar-refractivity contribution < 1.29 is 17.9 Å². The Kier molecular flexibility index (Phi) is 4.78. The van der Waals surface area contributed by atoms with Crippen molar-refractivity contribution in [2.24, 2.45) is 0 Å². The minimum Gasteiger partial charge on any atom is -0.493 e. The standard InChI is InChI=1S/C13H12F3NO/c1-2-3-4-7-18-12-6-5-10(9-17)8-11(12)13(14,15)16/h2,5-6,8H,1,3-4,7H2. The van der Waals surface area contributed by atoms with Crippen LogP contribution in [0.2, 0.25) is 0 Å². The van der Waals surface area contributed by atoms with Gasteiger partial charge in [0.2, 0.25) is 0 Å². The predicted molar refractivity (Wildman–Crippen MR) is 61.1 cm³/mol. The second-order valence-electron chi connectivity index (χ2n) is 3.60. The smallest absolute Gasteiger partial charge is 0.420 e. The van der Waals surface area contributed by atoms with E-state index < -0.39 is 11.7 Å². The number of ether oxygens (including phenoxy) is 1. The molecule has 0 aliphatic rings. The number of alkyl halides is 3. The predicted octanol–water partition coefficient (Wildman–Crippen LogP) is 3.92. The van der Waals surface area contributed by atoms with E-state index in [0.29, 0.717) is 12.8 Å². The summed E-state index contributed by atoms with van der Waals surface area (Å²) >= 11 is 0. The number of nitriles is 1. The Bertz CT molecular complexity index is 460. The van der Waals surface area contributed by atoms with Crippen molar-refractivity contribution in [2.45, 2.75) is 19.0 Å². The minimum absolute atomic E-state index is 0.0410. The van der Waals surface area contributed by atoms with Gasteiger partial charge in [-0.1, -0.05) is 6.08 Å². The molecule has 1 aromatic carbocycles. The Hall–Kier alpha value is -1.96. The van der Waals surface area contributed by atoms with Crippen LogP contribution < -0.4 is 4.74 Å². The maximum Gasteiger partial charge on any atom is 0.420 e. The van der Waals surface area contributed by atoms with Crippen LogP contribution in [-0.2, 0) is 6.18 Å². The van der Waals surface area contributed by atoms with E-state index in [2.05, 4.69) is 6.58 Å². The molecule has 0 heterocycles. The lowest BCUT2D eigenvalue weighted by atomic mass is 10.1. The van der Waals surface area contributed by atoms with E-state index in [1.54, 1.807) is 12.1 Å². The highest BCUT2D eigenvalue weighted by molar-refractivity contribution is 5.43. The molecule has 0 unspecified atom stereocenters. The van der Waals surface area contributed by atoms with Crippen molar-refractivity contribution in [3.8, 4) is 11.8 Å². The normalized spacial score (nSPS) is 10.8. The minimum atomic E-state index is -4.53. The first kappa shape index (κ1) is 14.1. The fourth-order valence-electron chi connectivity index (χ4n) is 1.36. The number of benzene rings is 1. The van der Waals surface area contributed by atoms with Crippen LogP contribution in [0.3, 0.4) is 0 Å². The summed E-state index contributed by atoms with van der Waals surface area (Å²) in [7, 11) is 0. The Morgan fingerprint density at radius 1 is 1.39 bits per heavy atom. The van der Waals surface area contributed by atoms with Gasteiger partial charge in [-0.05, 0) is 31.0 Å². The van der Waals surface area contributed by atoms with Crippen LogP contribution in [0.1, 0.15) is 24.0 Å². The van der Waals surface area contributed by atoms with Gasteiger partial charge in [0.1, 0.15) is 5.75 Å². The van der Waals surface area contributed by atoms with Gasteiger partial charge < -0.3 is 4.74 Å². The molecule has 0 radical (unpaired) electrons. The number of hydrogen-bond acceptors (Lipinski definition) is 2. The molecule has 2 nitrogen and oxygen atoms in total. The lowest BCUT2D eigenvalue weighted by Crippen LogP contribution is -2.09. The maximum atomic E-state index is 12.7. The Morgan fingerprint density at radius 2 is 2.11 bits per heavy atom. The van der Waals surface area contributed by atoms with Gasteiger partial charge in [-0.3, -0.25) is 0 Å². The summed E-state index contributed by atoms with van der Waals surface area (Å²) in [6.07, 6.45) is -1.58. The first-order valence-electron chi connectivity index (χ1n) is 5.34. The van der Waals surface area contributed by atoms with Crippen molar-refractivity contribution in [1.29, 1.82) is 5.26 Å². The van der Waals surface area contributed by atoms with Crippen LogP contribution in [0.15, 0.2) is 30.9 Å². The van der Waals surface area contributed by atoms with Crippen LogP contribution in [0.5, 0.6) is 5.75 Å². The van der Waals surface area contributed by atoms with Crippen molar-refractivity contribution >= 4 is 0 Å². The van der Waals surface area contributed by atoms with Gasteiger partial charge in [0.15, 0.2) is 0 Å². The highest BCUT2D eigenvalue weighted by Gasteiger charge is 2.34. The fourth-order valence-corrected chi connectivity index (χ4v) is 1.36. The van der Waals surface area contributed by atoms with Crippen LogP contribution >= 0.6 is 0 Å². The van der Waals surface area contributed by atoms with Gasteiger partial charge in [-0.25, -0.2) is 0 Å². The molecule has 1 aromatic rings. The highest BCUT2D eigenvalue weighted by atomic mass is 19.4. The molecular formula is C13H12F3NO. The zero-order valence-corrected chi connectivity index (χ0v) is 9.63. The molecular weight excluding hydrogens is 243 g/mol. The number of allylic oxidation sites excluding steroid dienone is 1. The van der Waals surface area contributed by atoms with Crippen molar-refractivity contribution in [1.82, 2.24) is 0 Å². The van der Waals surface area contributed by atoms with E-state index in [1.165, 1.54) is 12.1 Å². The zero-order chi connectivity index (χ0) is 13.6. The summed E-state index contributed by atoms with van der Waals surface area (Å²) in [5.74, 6) is -0.245. The molecule has 18 heavy (non-hydrogen) atoms. The van der Waals surface area contributed by atoms with Gasteiger partial charge in [-0.2, -0.15) is 18.4 Å². The Labute approximate surface area is 103 Å². The summed E-state index contributed by atoms with van der Waals surface area (Å²) in [4.78, 5) is 0. The van der Waals surface area contributed by atoms with Crippen LogP contribution in [0.25, 0.3) is 0 Å². The number of unbranched alkanes of at least 4 members (excludes halogenated alkanes) is 1. The summed E-state index contributed by atoms with van der Waals surface area (Å²) < 4.78 is 43.3. The largest absolute Gasteiger partial charge is 0.493 e. The summed E-state index contributed by atoms with van der Waals surface area (Å²) in [5, 5.41) is 8.60. The molecule has 5 heteroatoms. The Morgan fingerprint density at radius 3 is 2.67 bits per heavy atom. The van der Waals surface area contributed by atoms with E-state index >= 15 is 0 Å². The van der Waals surface area contributed by atoms with Gasteiger partial charge >= 0.3 is 6.18 Å². The molecule has 96 valence electrons. The van der Waals surface area contributed by atoms with Crippen LogP contribution in [-0.4, -0.2) is 6.61 Å². The number of rotatable bonds is 5. The van der Waals surface area contributed by atoms with Crippen molar-refractivity contribution in [3.05, 3.63) is 42.0 Å².